The third-order valence-corrected chi connectivity index (χ3v) is 3.34. The van der Waals surface area contributed by atoms with Crippen molar-refractivity contribution in [1.29, 1.82) is 0 Å². The highest BCUT2D eigenvalue weighted by atomic mass is 16.6. The highest BCUT2D eigenvalue weighted by Crippen LogP contribution is 2.17. The van der Waals surface area contributed by atoms with Crippen LogP contribution in [0.3, 0.4) is 0 Å². The summed E-state index contributed by atoms with van der Waals surface area (Å²) in [5, 5.41) is 5.61. The van der Waals surface area contributed by atoms with Crippen LogP contribution in [0, 0.1) is 11.3 Å². The Morgan fingerprint density at radius 2 is 1.64 bits per heavy atom. The van der Waals surface area contributed by atoms with Gasteiger partial charge in [-0.2, -0.15) is 0 Å². The molecule has 0 aromatic carbocycles. The fourth-order valence-electron chi connectivity index (χ4n) is 1.81. The van der Waals surface area contributed by atoms with Crippen molar-refractivity contribution in [3.05, 3.63) is 0 Å². The van der Waals surface area contributed by atoms with Gasteiger partial charge in [0.15, 0.2) is 0 Å². The van der Waals surface area contributed by atoms with Gasteiger partial charge in [-0.1, -0.05) is 41.0 Å². The van der Waals surface area contributed by atoms with Crippen LogP contribution in [0.1, 0.15) is 68.2 Å². The van der Waals surface area contributed by atoms with Crippen molar-refractivity contribution in [3.63, 3.8) is 0 Å². The highest BCUT2D eigenvalue weighted by Gasteiger charge is 2.28. The van der Waals surface area contributed by atoms with Gasteiger partial charge in [0.05, 0.1) is 0 Å². The van der Waals surface area contributed by atoms with Gasteiger partial charge in [-0.15, -0.1) is 0 Å². The lowest BCUT2D eigenvalue weighted by molar-refractivity contribution is -0.124. The van der Waals surface area contributed by atoms with Crippen LogP contribution in [-0.4, -0.2) is 30.2 Å². The van der Waals surface area contributed by atoms with E-state index in [0.29, 0.717) is 6.54 Å². The molecular formula is C17H34N2O3. The molecule has 2 unspecified atom stereocenters. The van der Waals surface area contributed by atoms with E-state index in [1.165, 1.54) is 0 Å². The summed E-state index contributed by atoms with van der Waals surface area (Å²) in [5.74, 6) is -0.105. The van der Waals surface area contributed by atoms with Crippen LogP contribution in [0.25, 0.3) is 0 Å². The van der Waals surface area contributed by atoms with Crippen molar-refractivity contribution in [2.75, 3.05) is 6.54 Å². The Labute approximate surface area is 135 Å². The number of carbonyl (C=O) groups excluding carboxylic acids is 2. The molecule has 0 saturated carbocycles. The Bertz CT molecular complexity index is 367. The van der Waals surface area contributed by atoms with Crippen molar-refractivity contribution < 1.29 is 14.3 Å². The molecule has 0 aromatic heterocycles. The fourth-order valence-corrected chi connectivity index (χ4v) is 1.81. The van der Waals surface area contributed by atoms with Crippen molar-refractivity contribution in [3.8, 4) is 0 Å². The van der Waals surface area contributed by atoms with Crippen LogP contribution in [0.2, 0.25) is 0 Å². The van der Waals surface area contributed by atoms with Crippen LogP contribution >= 0.6 is 0 Å². The minimum absolute atomic E-state index is 0.0437. The van der Waals surface area contributed by atoms with E-state index in [-0.39, 0.29) is 17.2 Å². The van der Waals surface area contributed by atoms with Gasteiger partial charge >= 0.3 is 6.09 Å². The highest BCUT2D eigenvalue weighted by molar-refractivity contribution is 5.85. The average Bonchev–Trinajstić information content (AvgIpc) is 2.31. The second-order valence-electron chi connectivity index (χ2n) is 8.11. The van der Waals surface area contributed by atoms with E-state index in [0.717, 1.165) is 12.8 Å². The summed E-state index contributed by atoms with van der Waals surface area (Å²) >= 11 is 0. The lowest BCUT2D eigenvalue weighted by Crippen LogP contribution is -2.51. The number of alkyl carbamates (subject to hydrolysis) is 1. The molecule has 2 amide bonds. The van der Waals surface area contributed by atoms with E-state index >= 15 is 0 Å². The number of rotatable bonds is 6. The molecule has 130 valence electrons. The monoisotopic (exact) mass is 314 g/mol. The maximum absolute atomic E-state index is 12.3. The summed E-state index contributed by atoms with van der Waals surface area (Å²) in [6.45, 7) is 16.3. The Morgan fingerprint density at radius 1 is 1.09 bits per heavy atom. The molecule has 2 N–H and O–H groups in total. The minimum atomic E-state index is -0.577. The predicted octanol–water partition coefficient (Wildman–Crippen LogP) is 3.48. The molecule has 2 atom stereocenters. The fraction of sp³-hybridized carbons (Fsp3) is 0.882. The minimum Gasteiger partial charge on any atom is -0.444 e. The van der Waals surface area contributed by atoms with Gasteiger partial charge in [0, 0.05) is 6.54 Å². The first-order valence-electron chi connectivity index (χ1n) is 8.13. The smallest absolute Gasteiger partial charge is 0.408 e. The number of hydrogen-bond donors (Lipinski definition) is 2. The second-order valence-corrected chi connectivity index (χ2v) is 8.11. The third-order valence-electron chi connectivity index (χ3n) is 3.34. The van der Waals surface area contributed by atoms with Crippen LogP contribution < -0.4 is 10.6 Å². The van der Waals surface area contributed by atoms with Crippen LogP contribution in [0.4, 0.5) is 4.79 Å². The van der Waals surface area contributed by atoms with E-state index in [1.807, 2.05) is 13.8 Å². The number of carbonyl (C=O) groups is 2. The Kier molecular flexibility index (Phi) is 7.91. The summed E-state index contributed by atoms with van der Waals surface area (Å²) < 4.78 is 5.24. The lowest BCUT2D eigenvalue weighted by atomic mass is 9.92. The first kappa shape index (κ1) is 20.7. The molecule has 0 spiro atoms. The molecule has 0 radical (unpaired) electrons. The number of ether oxygens (including phenoxy) is 1. The molecule has 0 aliphatic heterocycles. The molecule has 0 aromatic rings. The normalized spacial score (nSPS) is 14.9. The van der Waals surface area contributed by atoms with E-state index < -0.39 is 17.7 Å². The lowest BCUT2D eigenvalue weighted by Gasteiger charge is -2.27. The third kappa shape index (κ3) is 9.64. The maximum Gasteiger partial charge on any atom is 0.408 e. The summed E-state index contributed by atoms with van der Waals surface area (Å²) in [6, 6.07) is -0.570. The van der Waals surface area contributed by atoms with Crippen LogP contribution in [-0.2, 0) is 9.53 Å². The molecule has 0 fully saturated rings. The molecule has 0 aliphatic carbocycles. The van der Waals surface area contributed by atoms with Crippen LogP contribution in [0.5, 0.6) is 0 Å². The Morgan fingerprint density at radius 3 is 2.05 bits per heavy atom. The van der Waals surface area contributed by atoms with E-state index in [4.69, 9.17) is 4.74 Å². The van der Waals surface area contributed by atoms with Gasteiger partial charge < -0.3 is 15.4 Å². The molecular weight excluding hydrogens is 280 g/mol. The predicted molar refractivity (Wildman–Crippen MR) is 89.7 cm³/mol. The maximum atomic E-state index is 12.3. The zero-order chi connectivity index (χ0) is 17.6. The molecule has 0 aliphatic rings. The number of hydrogen-bond acceptors (Lipinski definition) is 3. The van der Waals surface area contributed by atoms with Gasteiger partial charge in [0.1, 0.15) is 11.6 Å². The Hall–Kier alpha value is -1.26. The first-order chi connectivity index (χ1) is 9.85. The van der Waals surface area contributed by atoms with Crippen LogP contribution in [0.15, 0.2) is 0 Å². The van der Waals surface area contributed by atoms with Crippen molar-refractivity contribution in [2.24, 2.45) is 11.3 Å². The topological polar surface area (TPSA) is 67.4 Å². The molecule has 5 heteroatoms. The summed E-state index contributed by atoms with van der Waals surface area (Å²) in [4.78, 5) is 24.3. The summed E-state index contributed by atoms with van der Waals surface area (Å²) in [6.07, 6.45) is 1.13. The molecule has 0 saturated heterocycles. The van der Waals surface area contributed by atoms with Gasteiger partial charge in [-0.05, 0) is 38.5 Å². The average molecular weight is 314 g/mol. The zero-order valence-corrected chi connectivity index (χ0v) is 15.5. The molecule has 0 heterocycles. The van der Waals surface area contributed by atoms with Crippen molar-refractivity contribution >= 4 is 12.0 Å². The molecule has 5 nitrogen and oxygen atoms in total. The standard InChI is InChI=1S/C17H34N2O3/c1-9-12(2)13(19-15(21)22-17(6,7)8)14(20)18-11-10-16(3,4)5/h12-13H,9-11H2,1-8H3,(H,18,20)(H,19,21). The molecule has 22 heavy (non-hydrogen) atoms. The van der Waals surface area contributed by atoms with Crippen molar-refractivity contribution in [2.45, 2.75) is 79.9 Å². The van der Waals surface area contributed by atoms with Gasteiger partial charge in [-0.3, -0.25) is 4.79 Å². The number of amides is 2. The van der Waals surface area contributed by atoms with Crippen molar-refractivity contribution in [1.82, 2.24) is 10.6 Å². The summed E-state index contributed by atoms with van der Waals surface area (Å²) in [5.41, 5.74) is -0.412. The second kappa shape index (κ2) is 8.39. The quantitative estimate of drug-likeness (QED) is 0.788. The SMILES string of the molecule is CCC(C)C(NC(=O)OC(C)(C)C)C(=O)NCCC(C)(C)C. The largest absolute Gasteiger partial charge is 0.444 e. The number of nitrogens with one attached hydrogen (secondary N) is 2. The summed E-state index contributed by atoms with van der Waals surface area (Å²) in [7, 11) is 0. The first-order valence-corrected chi connectivity index (χ1v) is 8.13. The molecule has 0 rings (SSSR count). The Balaban J connectivity index is 4.63. The zero-order valence-electron chi connectivity index (χ0n) is 15.5. The molecule has 0 bridgehead atoms. The van der Waals surface area contributed by atoms with E-state index in [2.05, 4.69) is 31.4 Å². The van der Waals surface area contributed by atoms with Gasteiger partial charge in [0.2, 0.25) is 5.91 Å². The van der Waals surface area contributed by atoms with E-state index in [9.17, 15) is 9.59 Å². The van der Waals surface area contributed by atoms with Gasteiger partial charge in [-0.25, -0.2) is 4.79 Å². The van der Waals surface area contributed by atoms with E-state index in [1.54, 1.807) is 20.8 Å². The van der Waals surface area contributed by atoms with Gasteiger partial charge in [0.25, 0.3) is 0 Å².